The van der Waals surface area contributed by atoms with E-state index in [1.807, 2.05) is 0 Å². The lowest BCUT2D eigenvalue weighted by atomic mass is 10.1. The summed E-state index contributed by atoms with van der Waals surface area (Å²) < 4.78 is 5.58. The van der Waals surface area contributed by atoms with E-state index in [1.165, 1.54) is 83.5 Å². The summed E-state index contributed by atoms with van der Waals surface area (Å²) in [6.45, 7) is 7.65. The Labute approximate surface area is 247 Å². The van der Waals surface area contributed by atoms with E-state index in [-0.39, 0.29) is 17.8 Å². The van der Waals surface area contributed by atoms with Crippen molar-refractivity contribution in [3.05, 3.63) is 0 Å². The van der Waals surface area contributed by atoms with Crippen LogP contribution in [0, 0.1) is 0 Å². The zero-order valence-corrected chi connectivity index (χ0v) is 26.8. The molecule has 2 N–H and O–H groups in total. The van der Waals surface area contributed by atoms with Crippen LogP contribution in [0.25, 0.3) is 0 Å². The molecule has 6 heteroatoms. The Hall–Kier alpha value is -1.59. The van der Waals surface area contributed by atoms with Crippen molar-refractivity contribution in [1.29, 1.82) is 0 Å². The molecule has 0 saturated heterocycles. The van der Waals surface area contributed by atoms with Crippen molar-refractivity contribution in [1.82, 2.24) is 10.6 Å². The summed E-state index contributed by atoms with van der Waals surface area (Å²) >= 11 is 0. The zero-order chi connectivity index (χ0) is 29.5. The van der Waals surface area contributed by atoms with Crippen LogP contribution in [0.1, 0.15) is 181 Å². The molecule has 0 rings (SSSR count). The highest BCUT2D eigenvalue weighted by molar-refractivity contribution is 5.84. The van der Waals surface area contributed by atoms with Gasteiger partial charge in [0.25, 0.3) is 0 Å². The Morgan fingerprint density at radius 2 is 0.975 bits per heavy atom. The van der Waals surface area contributed by atoms with Crippen molar-refractivity contribution >= 4 is 17.8 Å². The molecule has 0 aromatic carbocycles. The van der Waals surface area contributed by atoms with Gasteiger partial charge in [-0.2, -0.15) is 0 Å². The standard InChI is InChI=1S/C34H66N2O4/c1-4-7-10-13-14-15-16-17-20-25-30-40-34(39)31(36-33(38)28-22-19-12-9-6-3)26-23-24-29-35-32(37)27-21-18-11-8-5-2/h31H,4-30H2,1-3H3,(H,35,37)(H,36,38)/t31-/m0/s1. The first-order valence-corrected chi connectivity index (χ1v) is 17.3. The number of ether oxygens (including phenoxy) is 1. The van der Waals surface area contributed by atoms with Crippen LogP contribution in [0.3, 0.4) is 0 Å². The molecule has 0 aromatic heterocycles. The largest absolute Gasteiger partial charge is 0.464 e. The maximum Gasteiger partial charge on any atom is 0.328 e. The van der Waals surface area contributed by atoms with Gasteiger partial charge in [-0.1, -0.05) is 130 Å². The fourth-order valence-corrected chi connectivity index (χ4v) is 4.95. The number of hydrogen-bond donors (Lipinski definition) is 2. The van der Waals surface area contributed by atoms with Gasteiger partial charge in [0.15, 0.2) is 0 Å². The van der Waals surface area contributed by atoms with E-state index in [9.17, 15) is 14.4 Å². The molecular weight excluding hydrogens is 500 g/mol. The molecule has 0 unspecified atom stereocenters. The Morgan fingerprint density at radius 3 is 1.50 bits per heavy atom. The van der Waals surface area contributed by atoms with Gasteiger partial charge in [-0.3, -0.25) is 9.59 Å². The number of rotatable bonds is 30. The minimum Gasteiger partial charge on any atom is -0.464 e. The van der Waals surface area contributed by atoms with Gasteiger partial charge in [0, 0.05) is 19.4 Å². The molecule has 40 heavy (non-hydrogen) atoms. The molecule has 0 spiro atoms. The van der Waals surface area contributed by atoms with Gasteiger partial charge in [0.2, 0.25) is 11.8 Å². The third kappa shape index (κ3) is 26.6. The molecule has 0 aromatic rings. The second-order valence-electron chi connectivity index (χ2n) is 11.6. The van der Waals surface area contributed by atoms with Crippen molar-refractivity contribution in [2.45, 2.75) is 187 Å². The maximum absolute atomic E-state index is 12.8. The summed E-state index contributed by atoms with van der Waals surface area (Å²) in [6.07, 6.45) is 26.7. The predicted molar refractivity (Wildman–Crippen MR) is 168 cm³/mol. The zero-order valence-electron chi connectivity index (χ0n) is 26.8. The smallest absolute Gasteiger partial charge is 0.328 e. The van der Waals surface area contributed by atoms with Crippen LogP contribution in [0.5, 0.6) is 0 Å². The van der Waals surface area contributed by atoms with Gasteiger partial charge < -0.3 is 15.4 Å². The van der Waals surface area contributed by atoms with E-state index < -0.39 is 6.04 Å². The predicted octanol–water partition coefficient (Wildman–Crippen LogP) is 8.94. The van der Waals surface area contributed by atoms with Gasteiger partial charge in [-0.05, 0) is 38.5 Å². The third-order valence-corrected chi connectivity index (χ3v) is 7.62. The van der Waals surface area contributed by atoms with E-state index in [4.69, 9.17) is 4.74 Å². The highest BCUT2D eigenvalue weighted by Gasteiger charge is 2.21. The van der Waals surface area contributed by atoms with Gasteiger partial charge in [-0.25, -0.2) is 4.79 Å². The Kier molecular flexibility index (Phi) is 29.2. The summed E-state index contributed by atoms with van der Waals surface area (Å²) in [5.74, 6) is -0.263. The molecular formula is C34H66N2O4. The molecule has 0 aliphatic carbocycles. The van der Waals surface area contributed by atoms with E-state index in [0.717, 1.165) is 57.8 Å². The lowest BCUT2D eigenvalue weighted by Gasteiger charge is -2.18. The molecule has 1 atom stereocenters. The quantitative estimate of drug-likeness (QED) is 0.0671. The number of amides is 2. The molecule has 236 valence electrons. The molecule has 0 heterocycles. The van der Waals surface area contributed by atoms with E-state index in [2.05, 4.69) is 31.4 Å². The topological polar surface area (TPSA) is 84.5 Å². The van der Waals surface area contributed by atoms with Crippen molar-refractivity contribution in [2.75, 3.05) is 13.2 Å². The average Bonchev–Trinajstić information content (AvgIpc) is 2.94. The lowest BCUT2D eigenvalue weighted by molar-refractivity contribution is -0.148. The highest BCUT2D eigenvalue weighted by Crippen LogP contribution is 2.12. The highest BCUT2D eigenvalue weighted by atomic mass is 16.5. The number of carbonyl (C=O) groups is 3. The first kappa shape index (κ1) is 38.4. The third-order valence-electron chi connectivity index (χ3n) is 7.62. The molecule has 0 bridgehead atoms. The molecule has 0 fully saturated rings. The van der Waals surface area contributed by atoms with Crippen molar-refractivity contribution < 1.29 is 19.1 Å². The maximum atomic E-state index is 12.8. The SMILES string of the molecule is CCCCCCCCCCCCOC(=O)[C@H](CCCCNC(=O)CCCCCCC)NC(=O)CCCCCCC. The fraction of sp³-hybridized carbons (Fsp3) is 0.912. The lowest BCUT2D eigenvalue weighted by Crippen LogP contribution is -2.42. The van der Waals surface area contributed by atoms with Crippen LogP contribution in [0.4, 0.5) is 0 Å². The summed E-state index contributed by atoms with van der Waals surface area (Å²) in [4.78, 5) is 37.4. The second kappa shape index (κ2) is 30.4. The minimum absolute atomic E-state index is 0.0613. The molecule has 6 nitrogen and oxygen atoms in total. The Balaban J connectivity index is 4.27. The van der Waals surface area contributed by atoms with Crippen molar-refractivity contribution in [3.8, 4) is 0 Å². The van der Waals surface area contributed by atoms with E-state index >= 15 is 0 Å². The molecule has 2 amide bonds. The van der Waals surface area contributed by atoms with Crippen LogP contribution in [0.2, 0.25) is 0 Å². The first-order chi connectivity index (χ1) is 19.5. The van der Waals surface area contributed by atoms with Crippen LogP contribution in [0.15, 0.2) is 0 Å². The second-order valence-corrected chi connectivity index (χ2v) is 11.6. The summed E-state index contributed by atoms with van der Waals surface area (Å²) in [5.41, 5.74) is 0. The number of unbranched alkanes of at least 4 members (excludes halogenated alkanes) is 18. The van der Waals surface area contributed by atoms with Crippen LogP contribution in [-0.4, -0.2) is 37.0 Å². The van der Waals surface area contributed by atoms with Crippen molar-refractivity contribution in [2.24, 2.45) is 0 Å². The summed E-state index contributed by atoms with van der Waals surface area (Å²) in [5, 5.41) is 5.94. The van der Waals surface area contributed by atoms with Gasteiger partial charge in [0.1, 0.15) is 6.04 Å². The first-order valence-electron chi connectivity index (χ1n) is 17.3. The number of hydrogen-bond acceptors (Lipinski definition) is 4. The van der Waals surface area contributed by atoms with E-state index in [1.54, 1.807) is 0 Å². The van der Waals surface area contributed by atoms with Crippen LogP contribution < -0.4 is 10.6 Å². The number of carbonyl (C=O) groups excluding carboxylic acids is 3. The fourth-order valence-electron chi connectivity index (χ4n) is 4.95. The minimum atomic E-state index is -0.597. The number of esters is 1. The summed E-state index contributed by atoms with van der Waals surface area (Å²) in [6, 6.07) is -0.597. The van der Waals surface area contributed by atoms with Crippen LogP contribution >= 0.6 is 0 Å². The number of nitrogens with one attached hydrogen (secondary N) is 2. The molecule has 0 aliphatic rings. The van der Waals surface area contributed by atoms with Gasteiger partial charge in [0.05, 0.1) is 6.61 Å². The molecule has 0 radical (unpaired) electrons. The normalized spacial score (nSPS) is 11.8. The summed E-state index contributed by atoms with van der Waals surface area (Å²) in [7, 11) is 0. The van der Waals surface area contributed by atoms with E-state index in [0.29, 0.717) is 32.4 Å². The average molecular weight is 567 g/mol. The molecule has 0 saturated carbocycles. The Bertz CT molecular complexity index is 596. The molecule has 0 aliphatic heterocycles. The van der Waals surface area contributed by atoms with Crippen LogP contribution in [-0.2, 0) is 19.1 Å². The van der Waals surface area contributed by atoms with Crippen molar-refractivity contribution in [3.63, 3.8) is 0 Å². The van der Waals surface area contributed by atoms with Gasteiger partial charge in [-0.15, -0.1) is 0 Å². The Morgan fingerprint density at radius 1 is 0.525 bits per heavy atom. The monoisotopic (exact) mass is 567 g/mol. The van der Waals surface area contributed by atoms with Gasteiger partial charge >= 0.3 is 5.97 Å².